The first-order chi connectivity index (χ1) is 5.81. The molecule has 1 unspecified atom stereocenters. The van der Waals surface area contributed by atoms with E-state index in [9.17, 15) is 9.90 Å². The molecule has 5 heteroatoms. The van der Waals surface area contributed by atoms with E-state index >= 15 is 0 Å². The Balaban J connectivity index is 2.84. The molecule has 0 bridgehead atoms. The van der Waals surface area contributed by atoms with Crippen molar-refractivity contribution < 1.29 is 14.6 Å². The van der Waals surface area contributed by atoms with E-state index in [0.29, 0.717) is 0 Å². The first kappa shape index (κ1) is 10.3. The predicted octanol–water partition coefficient (Wildman–Crippen LogP) is 0.700. The standard InChI is InChI=1S/C8H12ClNO3/c1-8(2,3)10-5-4(9)6(11)13-7(5)12/h7,10,12H,1-3H3. The average molecular weight is 206 g/mol. The number of rotatable bonds is 1. The number of aliphatic hydroxyl groups is 1. The van der Waals surface area contributed by atoms with Crippen LogP contribution in [0.2, 0.25) is 0 Å². The minimum Gasteiger partial charge on any atom is -0.425 e. The summed E-state index contributed by atoms with van der Waals surface area (Å²) < 4.78 is 4.48. The minimum absolute atomic E-state index is 0.0811. The largest absolute Gasteiger partial charge is 0.425 e. The van der Waals surface area contributed by atoms with E-state index < -0.39 is 12.3 Å². The molecular weight excluding hydrogens is 194 g/mol. The maximum atomic E-state index is 10.9. The summed E-state index contributed by atoms with van der Waals surface area (Å²) in [7, 11) is 0. The molecule has 0 amide bonds. The molecule has 1 rings (SSSR count). The molecule has 0 aromatic rings. The third kappa shape index (κ3) is 2.35. The molecule has 4 nitrogen and oxygen atoms in total. The third-order valence-corrected chi connectivity index (χ3v) is 1.75. The maximum absolute atomic E-state index is 10.9. The average Bonchev–Trinajstić information content (AvgIpc) is 2.14. The van der Waals surface area contributed by atoms with E-state index in [0.717, 1.165) is 0 Å². The van der Waals surface area contributed by atoms with Crippen molar-refractivity contribution in [2.24, 2.45) is 0 Å². The number of carbonyl (C=O) groups is 1. The van der Waals surface area contributed by atoms with Gasteiger partial charge < -0.3 is 15.2 Å². The normalized spacial score (nSPS) is 23.5. The third-order valence-electron chi connectivity index (χ3n) is 1.39. The maximum Gasteiger partial charge on any atom is 0.354 e. The summed E-state index contributed by atoms with van der Waals surface area (Å²) in [6.45, 7) is 5.67. The summed E-state index contributed by atoms with van der Waals surface area (Å²) in [5.74, 6) is -0.694. The summed E-state index contributed by atoms with van der Waals surface area (Å²) in [5.41, 5.74) is -0.0380. The van der Waals surface area contributed by atoms with Crippen molar-refractivity contribution >= 4 is 17.6 Å². The second-order valence-electron chi connectivity index (χ2n) is 3.86. The van der Waals surface area contributed by atoms with Gasteiger partial charge in [-0.2, -0.15) is 0 Å². The molecule has 1 heterocycles. The number of hydrogen-bond acceptors (Lipinski definition) is 4. The van der Waals surface area contributed by atoms with Gasteiger partial charge in [0.15, 0.2) is 5.03 Å². The lowest BCUT2D eigenvalue weighted by atomic mass is 10.1. The van der Waals surface area contributed by atoms with E-state index in [1.807, 2.05) is 20.8 Å². The highest BCUT2D eigenvalue weighted by Gasteiger charge is 2.33. The van der Waals surface area contributed by atoms with Crippen LogP contribution >= 0.6 is 11.6 Å². The van der Waals surface area contributed by atoms with Gasteiger partial charge in [0.2, 0.25) is 6.29 Å². The number of ether oxygens (including phenoxy) is 1. The van der Waals surface area contributed by atoms with Gasteiger partial charge >= 0.3 is 5.97 Å². The minimum atomic E-state index is -1.26. The van der Waals surface area contributed by atoms with Crippen molar-refractivity contribution in [2.75, 3.05) is 0 Å². The molecule has 0 spiro atoms. The molecule has 0 aromatic heterocycles. The zero-order valence-corrected chi connectivity index (χ0v) is 8.47. The summed E-state index contributed by atoms with van der Waals surface area (Å²) >= 11 is 5.61. The van der Waals surface area contributed by atoms with Crippen molar-refractivity contribution in [2.45, 2.75) is 32.6 Å². The Kier molecular flexibility index (Phi) is 2.54. The lowest BCUT2D eigenvalue weighted by Gasteiger charge is -2.23. The topological polar surface area (TPSA) is 58.6 Å². The molecular formula is C8H12ClNO3. The van der Waals surface area contributed by atoms with Gasteiger partial charge in [0, 0.05) is 5.54 Å². The summed E-state index contributed by atoms with van der Waals surface area (Å²) in [4.78, 5) is 10.9. The van der Waals surface area contributed by atoms with E-state index in [1.165, 1.54) is 0 Å². The Morgan fingerprint density at radius 2 is 2.08 bits per heavy atom. The molecule has 13 heavy (non-hydrogen) atoms. The number of esters is 1. The van der Waals surface area contributed by atoms with Crippen LogP contribution in [0.25, 0.3) is 0 Å². The molecule has 1 atom stereocenters. The van der Waals surface area contributed by atoms with Gasteiger partial charge in [0.05, 0.1) is 0 Å². The fourth-order valence-electron chi connectivity index (χ4n) is 0.951. The van der Waals surface area contributed by atoms with Crippen LogP contribution in [0, 0.1) is 0 Å². The highest BCUT2D eigenvalue weighted by molar-refractivity contribution is 6.42. The number of carbonyl (C=O) groups excluding carboxylic acids is 1. The Bertz CT molecular complexity index is 267. The zero-order valence-electron chi connectivity index (χ0n) is 7.72. The number of aliphatic hydroxyl groups excluding tert-OH is 1. The molecule has 1 aliphatic rings. The molecule has 0 aliphatic carbocycles. The summed E-state index contributed by atoms with van der Waals surface area (Å²) in [5, 5.41) is 12.1. The first-order valence-corrected chi connectivity index (χ1v) is 4.26. The SMILES string of the molecule is CC(C)(C)NC1=C(Cl)C(=O)OC1O. The van der Waals surface area contributed by atoms with Crippen LogP contribution in [0.3, 0.4) is 0 Å². The molecule has 74 valence electrons. The lowest BCUT2D eigenvalue weighted by molar-refractivity contribution is -0.151. The fourth-order valence-corrected chi connectivity index (χ4v) is 1.14. The highest BCUT2D eigenvalue weighted by atomic mass is 35.5. The van der Waals surface area contributed by atoms with Gasteiger partial charge in [-0.15, -0.1) is 0 Å². The van der Waals surface area contributed by atoms with E-state index in [4.69, 9.17) is 11.6 Å². The van der Waals surface area contributed by atoms with Crippen LogP contribution in [0.15, 0.2) is 10.7 Å². The van der Waals surface area contributed by atoms with Gasteiger partial charge in [-0.3, -0.25) is 0 Å². The Morgan fingerprint density at radius 3 is 2.38 bits per heavy atom. The molecule has 0 radical (unpaired) electrons. The molecule has 2 N–H and O–H groups in total. The van der Waals surface area contributed by atoms with Crippen LogP contribution in [-0.4, -0.2) is 22.9 Å². The lowest BCUT2D eigenvalue weighted by Crippen LogP contribution is -2.38. The number of nitrogens with one attached hydrogen (secondary N) is 1. The molecule has 0 saturated heterocycles. The molecule has 1 aliphatic heterocycles. The van der Waals surface area contributed by atoms with Crippen LogP contribution < -0.4 is 5.32 Å². The second-order valence-corrected chi connectivity index (χ2v) is 4.24. The molecule has 0 saturated carbocycles. The predicted molar refractivity (Wildman–Crippen MR) is 47.9 cm³/mol. The van der Waals surface area contributed by atoms with Gasteiger partial charge in [-0.1, -0.05) is 11.6 Å². The molecule has 0 fully saturated rings. The Morgan fingerprint density at radius 1 is 1.54 bits per heavy atom. The smallest absolute Gasteiger partial charge is 0.354 e. The first-order valence-electron chi connectivity index (χ1n) is 3.88. The van der Waals surface area contributed by atoms with Crippen LogP contribution in [0.1, 0.15) is 20.8 Å². The fraction of sp³-hybridized carbons (Fsp3) is 0.625. The Hall–Kier alpha value is -0.740. The number of hydrogen-bond donors (Lipinski definition) is 2. The van der Waals surface area contributed by atoms with Gasteiger partial charge in [-0.25, -0.2) is 4.79 Å². The monoisotopic (exact) mass is 205 g/mol. The quantitative estimate of drug-likeness (QED) is 0.619. The highest BCUT2D eigenvalue weighted by Crippen LogP contribution is 2.23. The van der Waals surface area contributed by atoms with Crippen molar-refractivity contribution in [1.82, 2.24) is 5.32 Å². The van der Waals surface area contributed by atoms with Crippen molar-refractivity contribution in [3.63, 3.8) is 0 Å². The van der Waals surface area contributed by atoms with Crippen molar-refractivity contribution in [3.05, 3.63) is 10.7 Å². The van der Waals surface area contributed by atoms with E-state index in [2.05, 4.69) is 10.1 Å². The van der Waals surface area contributed by atoms with E-state index in [1.54, 1.807) is 0 Å². The van der Waals surface area contributed by atoms with Crippen LogP contribution in [0.4, 0.5) is 0 Å². The van der Waals surface area contributed by atoms with Gasteiger partial charge in [0.1, 0.15) is 5.70 Å². The van der Waals surface area contributed by atoms with E-state index in [-0.39, 0.29) is 16.3 Å². The number of halogens is 1. The zero-order chi connectivity index (χ0) is 10.2. The number of cyclic esters (lactones) is 1. The molecule has 0 aromatic carbocycles. The summed E-state index contributed by atoms with van der Waals surface area (Å²) in [6.07, 6.45) is -1.26. The van der Waals surface area contributed by atoms with Crippen molar-refractivity contribution in [3.8, 4) is 0 Å². The second kappa shape index (κ2) is 3.20. The van der Waals surface area contributed by atoms with Crippen LogP contribution in [0.5, 0.6) is 0 Å². The Labute approximate surface area is 81.5 Å². The summed E-state index contributed by atoms with van der Waals surface area (Å²) in [6, 6.07) is 0. The van der Waals surface area contributed by atoms with Gasteiger partial charge in [0.25, 0.3) is 0 Å². The van der Waals surface area contributed by atoms with Gasteiger partial charge in [-0.05, 0) is 20.8 Å². The van der Waals surface area contributed by atoms with Crippen molar-refractivity contribution in [1.29, 1.82) is 0 Å². The van der Waals surface area contributed by atoms with Crippen LogP contribution in [-0.2, 0) is 9.53 Å².